The minimum Gasteiger partial charge on any atom is -0.230 e. The maximum Gasteiger partial charge on any atom is 0.288 e. The van der Waals surface area contributed by atoms with E-state index in [-0.39, 0.29) is 0 Å². The van der Waals surface area contributed by atoms with E-state index in [9.17, 15) is 0 Å². The third kappa shape index (κ3) is 7.16. The van der Waals surface area contributed by atoms with Crippen LogP contribution < -0.4 is 4.57 Å². The standard InChI is InChI=1S/C28H39N2/c1-2-3-4-5-6-7-8-15-22-29-24-25-30(28(29)27-20-13-10-14-21-27)23-16-19-26-17-11-9-12-18-26/h9-14,17-18,20-21,24-25H,2-8,15-16,19,22-23H2,1H3/q+1. The Labute approximate surface area is 183 Å². The molecule has 0 amide bonds. The van der Waals surface area contributed by atoms with Crippen molar-refractivity contribution in [1.82, 2.24) is 4.57 Å². The van der Waals surface area contributed by atoms with Crippen LogP contribution in [0.4, 0.5) is 0 Å². The van der Waals surface area contributed by atoms with Crippen molar-refractivity contribution < 1.29 is 4.57 Å². The molecule has 0 aliphatic heterocycles. The molecule has 2 aromatic carbocycles. The molecule has 0 fully saturated rings. The van der Waals surface area contributed by atoms with Crippen LogP contribution in [-0.2, 0) is 19.5 Å². The summed E-state index contributed by atoms with van der Waals surface area (Å²) in [4.78, 5) is 0. The van der Waals surface area contributed by atoms with Gasteiger partial charge in [-0.3, -0.25) is 0 Å². The van der Waals surface area contributed by atoms with Crippen molar-refractivity contribution in [3.8, 4) is 11.4 Å². The van der Waals surface area contributed by atoms with Gasteiger partial charge in [0.15, 0.2) is 0 Å². The molecule has 1 heterocycles. The van der Waals surface area contributed by atoms with Crippen LogP contribution in [0, 0.1) is 0 Å². The lowest BCUT2D eigenvalue weighted by molar-refractivity contribution is -0.685. The summed E-state index contributed by atoms with van der Waals surface area (Å²) in [5, 5.41) is 0. The SMILES string of the molecule is CCCCCCCCCCn1cc[n+](CCCc2ccccc2)c1-c1ccccc1. The van der Waals surface area contributed by atoms with Crippen molar-refractivity contribution in [3.63, 3.8) is 0 Å². The summed E-state index contributed by atoms with van der Waals surface area (Å²) in [6, 6.07) is 21.7. The fourth-order valence-corrected chi connectivity index (χ4v) is 4.26. The van der Waals surface area contributed by atoms with Crippen molar-refractivity contribution >= 4 is 0 Å². The van der Waals surface area contributed by atoms with Gasteiger partial charge in [-0.1, -0.05) is 94.0 Å². The molecule has 0 saturated heterocycles. The Morgan fingerprint density at radius 3 is 2.03 bits per heavy atom. The van der Waals surface area contributed by atoms with Crippen molar-refractivity contribution in [1.29, 1.82) is 0 Å². The lowest BCUT2D eigenvalue weighted by Crippen LogP contribution is -2.35. The third-order valence-electron chi connectivity index (χ3n) is 5.96. The van der Waals surface area contributed by atoms with E-state index < -0.39 is 0 Å². The van der Waals surface area contributed by atoms with Crippen LogP contribution in [0.25, 0.3) is 11.4 Å². The number of nitrogens with zero attached hydrogens (tertiary/aromatic N) is 2. The molecular formula is C28H39N2+. The fourth-order valence-electron chi connectivity index (χ4n) is 4.26. The maximum absolute atomic E-state index is 2.47. The van der Waals surface area contributed by atoms with E-state index in [0.29, 0.717) is 0 Å². The zero-order valence-electron chi connectivity index (χ0n) is 18.8. The smallest absolute Gasteiger partial charge is 0.230 e. The molecule has 0 N–H and O–H groups in total. The van der Waals surface area contributed by atoms with Gasteiger partial charge in [0, 0.05) is 0 Å². The minimum atomic E-state index is 1.06. The van der Waals surface area contributed by atoms with E-state index in [1.165, 1.54) is 68.3 Å². The zero-order chi connectivity index (χ0) is 20.9. The predicted octanol–water partition coefficient (Wildman–Crippen LogP) is 7.22. The number of aromatic nitrogens is 2. The average Bonchev–Trinajstić information content (AvgIpc) is 3.19. The van der Waals surface area contributed by atoms with Gasteiger partial charge in [-0.25, -0.2) is 9.13 Å². The van der Waals surface area contributed by atoms with Crippen molar-refractivity contribution in [2.24, 2.45) is 0 Å². The summed E-state index contributed by atoms with van der Waals surface area (Å²) in [7, 11) is 0. The monoisotopic (exact) mass is 403 g/mol. The van der Waals surface area contributed by atoms with Gasteiger partial charge >= 0.3 is 0 Å². The highest BCUT2D eigenvalue weighted by Crippen LogP contribution is 2.18. The van der Waals surface area contributed by atoms with Gasteiger partial charge in [0.2, 0.25) is 0 Å². The third-order valence-corrected chi connectivity index (χ3v) is 5.96. The molecule has 0 radical (unpaired) electrons. The van der Waals surface area contributed by atoms with Crippen LogP contribution in [0.1, 0.15) is 70.3 Å². The number of aryl methyl sites for hydroxylation is 3. The first kappa shape index (κ1) is 22.3. The Bertz CT molecular complexity index is 820. The molecule has 0 saturated carbocycles. The Hall–Kier alpha value is -2.35. The lowest BCUT2D eigenvalue weighted by atomic mass is 10.1. The van der Waals surface area contributed by atoms with Crippen LogP contribution in [0.15, 0.2) is 73.1 Å². The van der Waals surface area contributed by atoms with E-state index >= 15 is 0 Å². The predicted molar refractivity (Wildman–Crippen MR) is 127 cm³/mol. The summed E-state index contributed by atoms with van der Waals surface area (Å²) in [5.41, 5.74) is 2.75. The largest absolute Gasteiger partial charge is 0.288 e. The van der Waals surface area contributed by atoms with E-state index in [0.717, 1.165) is 25.9 Å². The summed E-state index contributed by atoms with van der Waals surface area (Å²) in [5.74, 6) is 1.35. The van der Waals surface area contributed by atoms with Crippen molar-refractivity contribution in [2.75, 3.05) is 0 Å². The number of rotatable bonds is 14. The minimum absolute atomic E-state index is 1.06. The zero-order valence-corrected chi connectivity index (χ0v) is 18.8. The Kier molecular flexibility index (Phi) is 9.72. The highest BCUT2D eigenvalue weighted by atomic mass is 15.1. The molecule has 3 rings (SSSR count). The normalized spacial score (nSPS) is 11.1. The van der Waals surface area contributed by atoms with Gasteiger partial charge in [-0.2, -0.15) is 0 Å². The average molecular weight is 404 g/mol. The van der Waals surface area contributed by atoms with Crippen LogP contribution in [0.3, 0.4) is 0 Å². The van der Waals surface area contributed by atoms with Gasteiger partial charge < -0.3 is 0 Å². The quantitative estimate of drug-likeness (QED) is 0.198. The number of imidazole rings is 1. The molecule has 2 heteroatoms. The number of benzene rings is 2. The van der Waals surface area contributed by atoms with Crippen LogP contribution in [-0.4, -0.2) is 4.57 Å². The molecular weight excluding hydrogens is 364 g/mol. The molecule has 1 aromatic heterocycles. The summed E-state index contributed by atoms with van der Waals surface area (Å²) in [6.07, 6.45) is 17.8. The van der Waals surface area contributed by atoms with E-state index in [1.807, 2.05) is 0 Å². The molecule has 2 nitrogen and oxygen atoms in total. The highest BCUT2D eigenvalue weighted by Gasteiger charge is 2.18. The Morgan fingerprint density at radius 2 is 1.33 bits per heavy atom. The Morgan fingerprint density at radius 1 is 0.700 bits per heavy atom. The first-order chi connectivity index (χ1) is 14.9. The highest BCUT2D eigenvalue weighted by molar-refractivity contribution is 5.52. The Balaban J connectivity index is 1.55. The molecule has 0 unspecified atom stereocenters. The molecule has 0 atom stereocenters. The summed E-state index contributed by atoms with van der Waals surface area (Å²) < 4.78 is 4.91. The number of hydrogen-bond acceptors (Lipinski definition) is 0. The first-order valence-corrected chi connectivity index (χ1v) is 12.1. The second kappa shape index (κ2) is 13.1. The van der Waals surface area contributed by atoms with Crippen LogP contribution in [0.5, 0.6) is 0 Å². The maximum atomic E-state index is 2.47. The van der Waals surface area contributed by atoms with Crippen molar-refractivity contribution in [2.45, 2.75) is 84.2 Å². The molecule has 160 valence electrons. The second-order valence-electron chi connectivity index (χ2n) is 8.44. The summed E-state index contributed by atoms with van der Waals surface area (Å²) in [6.45, 7) is 4.46. The van der Waals surface area contributed by atoms with Gasteiger partial charge in [0.1, 0.15) is 12.4 Å². The first-order valence-electron chi connectivity index (χ1n) is 12.1. The topological polar surface area (TPSA) is 8.81 Å². The molecule has 0 aliphatic carbocycles. The lowest BCUT2D eigenvalue weighted by Gasteiger charge is -2.06. The van der Waals surface area contributed by atoms with E-state index in [1.54, 1.807) is 0 Å². The van der Waals surface area contributed by atoms with Gasteiger partial charge in [-0.05, 0) is 43.4 Å². The van der Waals surface area contributed by atoms with Gasteiger partial charge in [-0.15, -0.1) is 0 Å². The van der Waals surface area contributed by atoms with Crippen LogP contribution in [0.2, 0.25) is 0 Å². The van der Waals surface area contributed by atoms with Crippen LogP contribution >= 0.6 is 0 Å². The molecule has 0 spiro atoms. The van der Waals surface area contributed by atoms with Crippen molar-refractivity contribution in [3.05, 3.63) is 78.6 Å². The number of hydrogen-bond donors (Lipinski definition) is 0. The molecule has 0 aliphatic rings. The van der Waals surface area contributed by atoms with E-state index in [2.05, 4.69) is 89.1 Å². The van der Waals surface area contributed by atoms with E-state index in [4.69, 9.17) is 0 Å². The molecule has 3 aromatic rings. The van der Waals surface area contributed by atoms with Gasteiger partial charge in [0.25, 0.3) is 5.82 Å². The number of unbranched alkanes of at least 4 members (excludes halogenated alkanes) is 7. The molecule has 30 heavy (non-hydrogen) atoms. The summed E-state index contributed by atoms with van der Waals surface area (Å²) >= 11 is 0. The second-order valence-corrected chi connectivity index (χ2v) is 8.44. The molecule has 0 bridgehead atoms. The fraction of sp³-hybridized carbons (Fsp3) is 0.464. The van der Waals surface area contributed by atoms with Gasteiger partial charge in [0.05, 0.1) is 18.7 Å².